The fourth-order valence-electron chi connectivity index (χ4n) is 1.71. The van der Waals surface area contributed by atoms with Gasteiger partial charge in [0.25, 0.3) is 0 Å². The zero-order valence-electron chi connectivity index (χ0n) is 10.9. The van der Waals surface area contributed by atoms with E-state index in [4.69, 9.17) is 4.52 Å². The molecule has 21 heavy (non-hydrogen) atoms. The van der Waals surface area contributed by atoms with Crippen molar-refractivity contribution in [1.29, 1.82) is 0 Å². The molecule has 0 saturated carbocycles. The monoisotopic (exact) mass is 300 g/mol. The molecule has 3 aromatic heterocycles. The number of amides is 2. The molecular weight excluding hydrogens is 288 g/mol. The van der Waals surface area contributed by atoms with Gasteiger partial charge in [-0.25, -0.2) is 4.79 Å². The number of carbonyl (C=O) groups excluding carboxylic acids is 1. The van der Waals surface area contributed by atoms with Crippen molar-refractivity contribution in [3.05, 3.63) is 53.7 Å². The van der Waals surface area contributed by atoms with E-state index in [-0.39, 0.29) is 6.03 Å². The fraction of sp³-hybridized carbons (Fsp3) is 0.0714. The van der Waals surface area contributed by atoms with Crippen LogP contribution in [0.5, 0.6) is 0 Å². The minimum absolute atomic E-state index is 0.343. The van der Waals surface area contributed by atoms with Gasteiger partial charge in [0.2, 0.25) is 0 Å². The number of carbonyl (C=O) groups is 1. The predicted molar refractivity (Wildman–Crippen MR) is 79.9 cm³/mol. The number of hydrogen-bond donors (Lipinski definition) is 2. The van der Waals surface area contributed by atoms with Crippen LogP contribution < -0.4 is 10.6 Å². The molecule has 0 unspecified atom stereocenters. The average molecular weight is 300 g/mol. The summed E-state index contributed by atoms with van der Waals surface area (Å²) in [7, 11) is 0. The van der Waals surface area contributed by atoms with Gasteiger partial charge < -0.3 is 9.84 Å². The van der Waals surface area contributed by atoms with Crippen LogP contribution in [-0.2, 0) is 6.54 Å². The van der Waals surface area contributed by atoms with Crippen molar-refractivity contribution >= 4 is 23.2 Å². The zero-order valence-corrected chi connectivity index (χ0v) is 11.8. The third-order valence-electron chi connectivity index (χ3n) is 2.69. The molecule has 0 aliphatic carbocycles. The molecule has 0 bridgehead atoms. The second-order valence-corrected chi connectivity index (χ2v) is 5.17. The van der Waals surface area contributed by atoms with Gasteiger partial charge >= 0.3 is 6.03 Å². The molecule has 2 N–H and O–H groups in total. The lowest BCUT2D eigenvalue weighted by molar-refractivity contribution is 0.251. The van der Waals surface area contributed by atoms with Gasteiger partial charge in [0.1, 0.15) is 0 Å². The Hall–Kier alpha value is -2.67. The smallest absolute Gasteiger partial charge is 0.320 e. The van der Waals surface area contributed by atoms with E-state index in [9.17, 15) is 4.79 Å². The Morgan fingerprint density at radius 1 is 1.33 bits per heavy atom. The van der Waals surface area contributed by atoms with Crippen LogP contribution in [0.15, 0.2) is 52.6 Å². The zero-order chi connectivity index (χ0) is 14.5. The number of thiophene rings is 1. The highest BCUT2D eigenvalue weighted by molar-refractivity contribution is 7.13. The van der Waals surface area contributed by atoms with Crippen LogP contribution in [0, 0.1) is 0 Å². The normalized spacial score (nSPS) is 10.3. The largest absolute Gasteiger partial charge is 0.353 e. The van der Waals surface area contributed by atoms with E-state index < -0.39 is 0 Å². The Morgan fingerprint density at radius 3 is 3.05 bits per heavy atom. The van der Waals surface area contributed by atoms with Crippen molar-refractivity contribution < 1.29 is 9.32 Å². The fourth-order valence-corrected chi connectivity index (χ4v) is 2.39. The first kappa shape index (κ1) is 13.3. The number of rotatable bonds is 4. The lowest BCUT2D eigenvalue weighted by Gasteiger charge is -2.04. The van der Waals surface area contributed by atoms with E-state index in [1.807, 2.05) is 29.6 Å². The molecule has 0 aliphatic rings. The molecule has 106 valence electrons. The molecule has 3 rings (SSSR count). The van der Waals surface area contributed by atoms with Crippen molar-refractivity contribution in [2.24, 2.45) is 0 Å². The van der Waals surface area contributed by atoms with Crippen molar-refractivity contribution in [2.45, 2.75) is 6.54 Å². The van der Waals surface area contributed by atoms with E-state index in [1.54, 1.807) is 29.8 Å². The van der Waals surface area contributed by atoms with Gasteiger partial charge in [-0.15, -0.1) is 11.3 Å². The van der Waals surface area contributed by atoms with Gasteiger partial charge in [-0.3, -0.25) is 10.3 Å². The maximum Gasteiger partial charge on any atom is 0.320 e. The van der Waals surface area contributed by atoms with Gasteiger partial charge in [0.05, 0.1) is 4.88 Å². The van der Waals surface area contributed by atoms with Crippen molar-refractivity contribution in [3.8, 4) is 10.6 Å². The van der Waals surface area contributed by atoms with Gasteiger partial charge in [-0.05, 0) is 23.1 Å². The summed E-state index contributed by atoms with van der Waals surface area (Å²) in [5.41, 5.74) is 0.923. The molecule has 0 fully saturated rings. The van der Waals surface area contributed by atoms with Crippen LogP contribution >= 0.6 is 11.3 Å². The minimum atomic E-state index is -0.343. The summed E-state index contributed by atoms with van der Waals surface area (Å²) in [4.78, 5) is 16.7. The molecule has 0 aromatic carbocycles. The molecule has 3 aromatic rings. The maximum atomic E-state index is 11.8. The topological polar surface area (TPSA) is 80.0 Å². The van der Waals surface area contributed by atoms with Crippen LogP contribution in [-0.4, -0.2) is 16.2 Å². The number of urea groups is 1. The number of nitrogens with zero attached hydrogens (tertiary/aromatic N) is 2. The summed E-state index contributed by atoms with van der Waals surface area (Å²) >= 11 is 1.55. The molecule has 3 heterocycles. The standard InChI is InChI=1S/C14H12N4O2S/c19-14(16-9-10-3-1-5-15-8-10)17-13-7-11(20-18-13)12-4-2-6-21-12/h1-8H,9H2,(H2,16,17,18,19). The van der Waals surface area contributed by atoms with Crippen LogP contribution in [0.25, 0.3) is 10.6 Å². The van der Waals surface area contributed by atoms with Crippen LogP contribution in [0.4, 0.5) is 10.6 Å². The summed E-state index contributed by atoms with van der Waals surface area (Å²) in [6.07, 6.45) is 3.39. The summed E-state index contributed by atoms with van der Waals surface area (Å²) < 4.78 is 5.18. The van der Waals surface area contributed by atoms with Gasteiger partial charge in [-0.1, -0.05) is 17.3 Å². The number of nitrogens with one attached hydrogen (secondary N) is 2. The summed E-state index contributed by atoms with van der Waals surface area (Å²) in [6, 6.07) is 8.91. The first-order valence-electron chi connectivity index (χ1n) is 6.25. The Morgan fingerprint density at radius 2 is 2.29 bits per heavy atom. The summed E-state index contributed by atoms with van der Waals surface area (Å²) in [5, 5.41) is 11.1. The first-order valence-corrected chi connectivity index (χ1v) is 7.13. The lowest BCUT2D eigenvalue weighted by Crippen LogP contribution is -2.28. The maximum absolute atomic E-state index is 11.8. The molecule has 0 aliphatic heterocycles. The van der Waals surface area contributed by atoms with E-state index in [0.29, 0.717) is 18.1 Å². The van der Waals surface area contributed by atoms with Crippen LogP contribution in [0.3, 0.4) is 0 Å². The lowest BCUT2D eigenvalue weighted by atomic mass is 10.3. The average Bonchev–Trinajstić information content (AvgIpc) is 3.17. The highest BCUT2D eigenvalue weighted by Gasteiger charge is 2.09. The molecule has 2 amide bonds. The molecule has 0 saturated heterocycles. The minimum Gasteiger partial charge on any atom is -0.353 e. The molecule has 0 atom stereocenters. The van der Waals surface area contributed by atoms with Crippen LogP contribution in [0.1, 0.15) is 5.56 Å². The summed E-state index contributed by atoms with van der Waals surface area (Å²) in [5.74, 6) is 1.01. The Kier molecular flexibility index (Phi) is 3.92. The Balaban J connectivity index is 1.55. The molecule has 6 nitrogen and oxygen atoms in total. The van der Waals surface area contributed by atoms with Gasteiger partial charge in [0, 0.05) is 25.0 Å². The molecule has 0 radical (unpaired) electrons. The molecule has 0 spiro atoms. The second kappa shape index (κ2) is 6.19. The molecule has 7 heteroatoms. The van der Waals surface area contributed by atoms with Gasteiger partial charge in [-0.2, -0.15) is 0 Å². The Bertz CT molecular complexity index is 710. The summed E-state index contributed by atoms with van der Waals surface area (Å²) in [6.45, 7) is 0.398. The van der Waals surface area contributed by atoms with Gasteiger partial charge in [0.15, 0.2) is 11.6 Å². The third-order valence-corrected chi connectivity index (χ3v) is 3.58. The van der Waals surface area contributed by atoms with E-state index >= 15 is 0 Å². The van der Waals surface area contributed by atoms with Crippen molar-refractivity contribution in [3.63, 3.8) is 0 Å². The number of hydrogen-bond acceptors (Lipinski definition) is 5. The molecular formula is C14H12N4O2S. The Labute approximate surface area is 124 Å². The van der Waals surface area contributed by atoms with E-state index in [1.165, 1.54) is 0 Å². The van der Waals surface area contributed by atoms with E-state index in [2.05, 4.69) is 20.8 Å². The number of anilines is 1. The first-order chi connectivity index (χ1) is 10.3. The quantitative estimate of drug-likeness (QED) is 0.775. The van der Waals surface area contributed by atoms with Crippen molar-refractivity contribution in [2.75, 3.05) is 5.32 Å². The van der Waals surface area contributed by atoms with Crippen molar-refractivity contribution in [1.82, 2.24) is 15.5 Å². The number of pyridine rings is 1. The second-order valence-electron chi connectivity index (χ2n) is 4.22. The highest BCUT2D eigenvalue weighted by Crippen LogP contribution is 2.26. The number of aromatic nitrogens is 2. The predicted octanol–water partition coefficient (Wildman–Crippen LogP) is 3.12. The third kappa shape index (κ3) is 3.46. The van der Waals surface area contributed by atoms with Crippen LogP contribution in [0.2, 0.25) is 0 Å². The highest BCUT2D eigenvalue weighted by atomic mass is 32.1. The SMILES string of the molecule is O=C(NCc1cccnc1)Nc1cc(-c2cccs2)on1. The van der Waals surface area contributed by atoms with E-state index in [0.717, 1.165) is 10.4 Å².